The lowest BCUT2D eigenvalue weighted by atomic mass is 10.0. The number of hydrogen-bond donors (Lipinski definition) is 1. The van der Waals surface area contributed by atoms with Crippen LogP contribution in [-0.4, -0.2) is 64.9 Å². The Morgan fingerprint density at radius 1 is 1.33 bits per heavy atom. The number of hydrogen-bond acceptors (Lipinski definition) is 5. The van der Waals surface area contributed by atoms with Crippen LogP contribution in [0.15, 0.2) is 24.3 Å². The molecule has 2 atom stereocenters. The van der Waals surface area contributed by atoms with Crippen molar-refractivity contribution in [2.45, 2.75) is 37.5 Å². The molecule has 3 aliphatic heterocycles. The molecule has 0 radical (unpaired) electrons. The monoisotopic (exact) mass is 438 g/mol. The van der Waals surface area contributed by atoms with E-state index in [-0.39, 0.29) is 36.8 Å². The highest BCUT2D eigenvalue weighted by Crippen LogP contribution is 2.30. The normalized spacial score (nSPS) is 24.2. The summed E-state index contributed by atoms with van der Waals surface area (Å²) in [6, 6.07) is 6.88. The zero-order chi connectivity index (χ0) is 20.9. The Hall–Kier alpha value is -2.39. The number of rotatable bonds is 5. The minimum atomic E-state index is -2.55. The first kappa shape index (κ1) is 19.6. The van der Waals surface area contributed by atoms with Crippen LogP contribution in [0.2, 0.25) is 5.02 Å². The quantitative estimate of drug-likeness (QED) is 0.776. The zero-order valence-corrected chi connectivity index (χ0v) is 16.9. The molecule has 0 saturated carbocycles. The molecule has 5 rings (SSSR count). The second-order valence-electron chi connectivity index (χ2n) is 8.08. The van der Waals surface area contributed by atoms with E-state index in [2.05, 4.69) is 10.4 Å². The molecule has 1 unspecified atom stereocenters. The largest absolute Gasteiger partial charge is 0.491 e. The molecule has 7 nitrogen and oxygen atoms in total. The van der Waals surface area contributed by atoms with Gasteiger partial charge in [0, 0.05) is 17.6 Å². The van der Waals surface area contributed by atoms with Crippen LogP contribution in [-0.2, 0) is 13.0 Å². The van der Waals surface area contributed by atoms with Gasteiger partial charge in [-0.25, -0.2) is 13.5 Å². The number of alkyl halides is 2. The van der Waals surface area contributed by atoms with E-state index in [1.165, 1.54) is 0 Å². The van der Waals surface area contributed by atoms with E-state index in [0.717, 1.165) is 11.3 Å². The summed E-state index contributed by atoms with van der Waals surface area (Å²) in [5.41, 5.74) is 1.24. The molecule has 1 saturated heterocycles. The van der Waals surface area contributed by atoms with Crippen molar-refractivity contribution < 1.29 is 23.0 Å². The maximum atomic E-state index is 12.9. The first-order valence-corrected chi connectivity index (χ1v) is 10.3. The Bertz CT molecular complexity index is 951. The molecule has 160 valence electrons. The smallest absolute Gasteiger partial charge is 0.272 e. The summed E-state index contributed by atoms with van der Waals surface area (Å²) in [6.07, 6.45) is 1.15. The van der Waals surface area contributed by atoms with Gasteiger partial charge in [0.2, 0.25) is 5.88 Å². The van der Waals surface area contributed by atoms with E-state index in [0.29, 0.717) is 43.4 Å². The van der Waals surface area contributed by atoms with Crippen molar-refractivity contribution >= 4 is 17.5 Å². The van der Waals surface area contributed by atoms with Crippen LogP contribution in [0.5, 0.6) is 11.6 Å². The Labute approximate surface area is 176 Å². The predicted octanol–water partition coefficient (Wildman–Crippen LogP) is 2.37. The van der Waals surface area contributed by atoms with Crippen LogP contribution >= 0.6 is 11.6 Å². The van der Waals surface area contributed by atoms with Crippen molar-refractivity contribution in [1.82, 2.24) is 20.0 Å². The number of benzene rings is 1. The third kappa shape index (κ3) is 3.96. The van der Waals surface area contributed by atoms with E-state index < -0.39 is 5.92 Å². The number of amides is 1. The standard InChI is InChI=1S/C20H21ClF2N4O3/c21-13-1-2-17-12(5-13)6-14(9-29-17)24-19(28)16-7-18-27(25-16)8-15(30-18)3-4-26-10-20(22,23)11-26/h1-2,5,7,14-15H,3-4,6,8-11H2,(H,24,28)/t14-,15?/m1/s1. The van der Waals surface area contributed by atoms with Crippen molar-refractivity contribution in [3.8, 4) is 11.6 Å². The molecule has 0 aliphatic carbocycles. The number of halogens is 3. The van der Waals surface area contributed by atoms with Crippen LogP contribution in [0.1, 0.15) is 22.5 Å². The van der Waals surface area contributed by atoms with Gasteiger partial charge in [-0.3, -0.25) is 9.69 Å². The molecule has 1 N–H and O–H groups in total. The van der Waals surface area contributed by atoms with Crippen molar-refractivity contribution in [1.29, 1.82) is 0 Å². The van der Waals surface area contributed by atoms with Gasteiger partial charge in [0.25, 0.3) is 11.8 Å². The SMILES string of the molecule is O=C(N[C@H]1COc2ccc(Cl)cc2C1)c1cc2n(n1)CC(CCN1CC(F)(F)C1)O2. The van der Waals surface area contributed by atoms with Crippen LogP contribution in [0, 0.1) is 0 Å². The van der Waals surface area contributed by atoms with E-state index >= 15 is 0 Å². The maximum absolute atomic E-state index is 12.9. The molecule has 4 heterocycles. The molecular weight excluding hydrogens is 418 g/mol. The summed E-state index contributed by atoms with van der Waals surface area (Å²) in [6.45, 7) is 1.07. The fraction of sp³-hybridized carbons (Fsp3) is 0.500. The van der Waals surface area contributed by atoms with Crippen molar-refractivity contribution in [3.05, 3.63) is 40.5 Å². The highest BCUT2D eigenvalue weighted by Gasteiger charge is 2.43. The zero-order valence-electron chi connectivity index (χ0n) is 16.1. The van der Waals surface area contributed by atoms with Gasteiger partial charge in [-0.05, 0) is 36.6 Å². The number of carbonyl (C=O) groups excluding carboxylic acids is 1. The summed E-state index contributed by atoms with van der Waals surface area (Å²) in [4.78, 5) is 14.3. The molecule has 10 heteroatoms. The number of likely N-dealkylation sites (tertiary alicyclic amines) is 1. The Balaban J connectivity index is 1.13. The minimum absolute atomic E-state index is 0.119. The summed E-state index contributed by atoms with van der Waals surface area (Å²) in [7, 11) is 0. The van der Waals surface area contributed by atoms with Gasteiger partial charge >= 0.3 is 0 Å². The molecule has 1 aromatic heterocycles. The number of nitrogens with zero attached hydrogens (tertiary/aromatic N) is 3. The molecule has 1 fully saturated rings. The highest BCUT2D eigenvalue weighted by molar-refractivity contribution is 6.30. The highest BCUT2D eigenvalue weighted by atomic mass is 35.5. The molecule has 3 aliphatic rings. The summed E-state index contributed by atoms with van der Waals surface area (Å²) in [5.74, 6) is -1.54. The topological polar surface area (TPSA) is 68.6 Å². The van der Waals surface area contributed by atoms with Gasteiger partial charge in [0.15, 0.2) is 5.69 Å². The first-order valence-electron chi connectivity index (χ1n) is 9.91. The molecular formula is C20H21ClF2N4O3. The Morgan fingerprint density at radius 2 is 2.17 bits per heavy atom. The summed E-state index contributed by atoms with van der Waals surface area (Å²) >= 11 is 6.04. The van der Waals surface area contributed by atoms with Gasteiger partial charge in [0.1, 0.15) is 18.5 Å². The molecule has 0 spiro atoms. The Morgan fingerprint density at radius 3 is 2.93 bits per heavy atom. The third-order valence-corrected chi connectivity index (χ3v) is 5.82. The van der Waals surface area contributed by atoms with Gasteiger partial charge in [-0.1, -0.05) is 11.6 Å². The van der Waals surface area contributed by atoms with Crippen molar-refractivity contribution in [2.75, 3.05) is 26.2 Å². The van der Waals surface area contributed by atoms with E-state index in [1.54, 1.807) is 21.7 Å². The number of aromatic nitrogens is 2. The van der Waals surface area contributed by atoms with Crippen LogP contribution in [0.4, 0.5) is 8.78 Å². The van der Waals surface area contributed by atoms with E-state index in [9.17, 15) is 13.6 Å². The third-order valence-electron chi connectivity index (χ3n) is 5.58. The molecule has 30 heavy (non-hydrogen) atoms. The first-order chi connectivity index (χ1) is 14.3. The fourth-order valence-corrected chi connectivity index (χ4v) is 4.29. The lowest BCUT2D eigenvalue weighted by Crippen LogP contribution is -2.56. The van der Waals surface area contributed by atoms with Crippen LogP contribution < -0.4 is 14.8 Å². The number of nitrogens with one attached hydrogen (secondary N) is 1. The lowest BCUT2D eigenvalue weighted by Gasteiger charge is -2.38. The van der Waals surface area contributed by atoms with Crippen LogP contribution in [0.25, 0.3) is 0 Å². The lowest BCUT2D eigenvalue weighted by molar-refractivity contribution is -0.131. The predicted molar refractivity (Wildman–Crippen MR) is 105 cm³/mol. The average Bonchev–Trinajstić information content (AvgIpc) is 3.23. The second kappa shape index (κ2) is 7.39. The maximum Gasteiger partial charge on any atom is 0.272 e. The number of ether oxygens (including phenoxy) is 2. The second-order valence-corrected chi connectivity index (χ2v) is 8.52. The van der Waals surface area contributed by atoms with E-state index in [4.69, 9.17) is 21.1 Å². The van der Waals surface area contributed by atoms with Gasteiger partial charge in [-0.15, -0.1) is 0 Å². The van der Waals surface area contributed by atoms with Gasteiger partial charge < -0.3 is 14.8 Å². The number of carbonyl (C=O) groups is 1. The molecule has 2 aromatic rings. The molecule has 1 aromatic carbocycles. The van der Waals surface area contributed by atoms with Gasteiger partial charge in [-0.2, -0.15) is 5.10 Å². The minimum Gasteiger partial charge on any atom is -0.491 e. The molecule has 0 bridgehead atoms. The fourth-order valence-electron chi connectivity index (χ4n) is 4.10. The average molecular weight is 439 g/mol. The van der Waals surface area contributed by atoms with Crippen molar-refractivity contribution in [3.63, 3.8) is 0 Å². The molecule has 1 amide bonds. The van der Waals surface area contributed by atoms with Crippen molar-refractivity contribution in [2.24, 2.45) is 0 Å². The Kier molecular flexibility index (Phi) is 4.82. The summed E-state index contributed by atoms with van der Waals surface area (Å²) < 4.78 is 39.0. The summed E-state index contributed by atoms with van der Waals surface area (Å²) in [5, 5.41) is 7.90. The van der Waals surface area contributed by atoms with E-state index in [1.807, 2.05) is 12.1 Å². The van der Waals surface area contributed by atoms with Crippen LogP contribution in [0.3, 0.4) is 0 Å². The van der Waals surface area contributed by atoms with Gasteiger partial charge in [0.05, 0.1) is 25.7 Å². The number of fused-ring (bicyclic) bond motifs is 2.